The van der Waals surface area contributed by atoms with Crippen LogP contribution in [0.15, 0.2) is 24.3 Å². The highest BCUT2D eigenvalue weighted by molar-refractivity contribution is 5.34. The van der Waals surface area contributed by atoms with E-state index < -0.39 is 0 Å². The minimum Gasteiger partial charge on any atom is -0.497 e. The van der Waals surface area contributed by atoms with Crippen molar-refractivity contribution >= 4 is 0 Å². The molecule has 0 radical (unpaired) electrons. The average molecular weight is 234 g/mol. The highest BCUT2D eigenvalue weighted by Crippen LogP contribution is 2.39. The molecule has 0 atom stereocenters. The van der Waals surface area contributed by atoms with Crippen LogP contribution in [0.3, 0.4) is 0 Å². The Morgan fingerprint density at radius 1 is 1.29 bits per heavy atom. The summed E-state index contributed by atoms with van der Waals surface area (Å²) in [4.78, 5) is 0. The van der Waals surface area contributed by atoms with Gasteiger partial charge in [0.15, 0.2) is 0 Å². The first kappa shape index (κ1) is 12.4. The number of rotatable bonds is 4. The molecule has 1 saturated heterocycles. The Morgan fingerprint density at radius 3 is 2.71 bits per heavy atom. The van der Waals surface area contributed by atoms with E-state index in [0.29, 0.717) is 5.41 Å². The molecule has 1 heterocycles. The summed E-state index contributed by atoms with van der Waals surface area (Å²) in [6.07, 6.45) is 4.72. The van der Waals surface area contributed by atoms with Crippen LogP contribution in [-0.2, 0) is 10.2 Å². The van der Waals surface area contributed by atoms with E-state index in [1.54, 1.807) is 7.11 Å². The van der Waals surface area contributed by atoms with Crippen molar-refractivity contribution < 1.29 is 9.47 Å². The highest BCUT2D eigenvalue weighted by atomic mass is 16.5. The van der Waals surface area contributed by atoms with Crippen LogP contribution in [0.1, 0.15) is 38.2 Å². The predicted molar refractivity (Wildman–Crippen MR) is 69.6 cm³/mol. The zero-order valence-corrected chi connectivity index (χ0v) is 10.9. The molecule has 0 unspecified atom stereocenters. The first-order valence-corrected chi connectivity index (χ1v) is 6.53. The van der Waals surface area contributed by atoms with E-state index in [1.807, 2.05) is 6.07 Å². The van der Waals surface area contributed by atoms with Gasteiger partial charge in [0, 0.05) is 13.2 Å². The zero-order valence-electron chi connectivity index (χ0n) is 10.9. The first-order valence-electron chi connectivity index (χ1n) is 6.53. The fourth-order valence-corrected chi connectivity index (χ4v) is 2.88. The minimum atomic E-state index is 0.307. The van der Waals surface area contributed by atoms with E-state index >= 15 is 0 Å². The van der Waals surface area contributed by atoms with Gasteiger partial charge in [-0.15, -0.1) is 0 Å². The largest absolute Gasteiger partial charge is 0.497 e. The summed E-state index contributed by atoms with van der Waals surface area (Å²) in [7, 11) is 1.73. The molecule has 1 aliphatic rings. The first-order chi connectivity index (χ1) is 8.30. The SMILES string of the molecule is CCCC1(c2cccc(OC)c2)CCOCC1. The monoisotopic (exact) mass is 234 g/mol. The van der Waals surface area contributed by atoms with E-state index in [0.717, 1.165) is 31.8 Å². The van der Waals surface area contributed by atoms with E-state index in [-0.39, 0.29) is 0 Å². The molecule has 94 valence electrons. The molecule has 2 rings (SSSR count). The summed E-state index contributed by atoms with van der Waals surface area (Å²) in [5.41, 5.74) is 1.73. The van der Waals surface area contributed by atoms with Crippen molar-refractivity contribution in [2.75, 3.05) is 20.3 Å². The van der Waals surface area contributed by atoms with Crippen LogP contribution in [0, 0.1) is 0 Å². The maximum absolute atomic E-state index is 5.52. The van der Waals surface area contributed by atoms with Gasteiger partial charge in [-0.25, -0.2) is 0 Å². The van der Waals surface area contributed by atoms with Crippen molar-refractivity contribution in [3.05, 3.63) is 29.8 Å². The van der Waals surface area contributed by atoms with Crippen molar-refractivity contribution in [1.82, 2.24) is 0 Å². The maximum atomic E-state index is 5.52. The standard InChI is InChI=1S/C15H22O2/c1-3-7-15(8-10-17-11-9-15)13-5-4-6-14(12-13)16-2/h4-6,12H,3,7-11H2,1-2H3. The fraction of sp³-hybridized carbons (Fsp3) is 0.600. The Kier molecular flexibility index (Phi) is 4.06. The van der Waals surface area contributed by atoms with E-state index in [9.17, 15) is 0 Å². The summed E-state index contributed by atoms with van der Waals surface area (Å²) in [5.74, 6) is 0.962. The third kappa shape index (κ3) is 2.63. The Balaban J connectivity index is 2.30. The number of methoxy groups -OCH3 is 1. The highest BCUT2D eigenvalue weighted by Gasteiger charge is 2.33. The van der Waals surface area contributed by atoms with Crippen molar-refractivity contribution in [3.8, 4) is 5.75 Å². The zero-order chi connectivity index (χ0) is 12.1. The second-order valence-electron chi connectivity index (χ2n) is 4.87. The van der Waals surface area contributed by atoms with Gasteiger partial charge in [-0.05, 0) is 42.4 Å². The van der Waals surface area contributed by atoms with Crippen molar-refractivity contribution in [2.45, 2.75) is 38.0 Å². The smallest absolute Gasteiger partial charge is 0.119 e. The molecule has 1 fully saturated rings. The van der Waals surface area contributed by atoms with Gasteiger partial charge in [0.2, 0.25) is 0 Å². The van der Waals surface area contributed by atoms with Gasteiger partial charge in [-0.3, -0.25) is 0 Å². The molecule has 0 aromatic heterocycles. The van der Waals surface area contributed by atoms with Crippen LogP contribution in [-0.4, -0.2) is 20.3 Å². The number of ether oxygens (including phenoxy) is 2. The second-order valence-corrected chi connectivity index (χ2v) is 4.87. The van der Waals surface area contributed by atoms with E-state index in [2.05, 4.69) is 25.1 Å². The number of benzene rings is 1. The van der Waals surface area contributed by atoms with Crippen molar-refractivity contribution in [2.24, 2.45) is 0 Å². The van der Waals surface area contributed by atoms with Gasteiger partial charge >= 0.3 is 0 Å². The molecular weight excluding hydrogens is 212 g/mol. The molecule has 1 aromatic rings. The third-order valence-electron chi connectivity index (χ3n) is 3.86. The fourth-order valence-electron chi connectivity index (χ4n) is 2.88. The van der Waals surface area contributed by atoms with Crippen LogP contribution < -0.4 is 4.74 Å². The third-order valence-corrected chi connectivity index (χ3v) is 3.86. The molecule has 0 bridgehead atoms. The Labute approximate surface area is 104 Å². The molecule has 2 nitrogen and oxygen atoms in total. The Bertz CT molecular complexity index is 348. The predicted octanol–water partition coefficient (Wildman–Crippen LogP) is 3.54. The molecule has 1 aliphatic heterocycles. The van der Waals surface area contributed by atoms with Gasteiger partial charge in [-0.2, -0.15) is 0 Å². The normalized spacial score (nSPS) is 18.9. The lowest BCUT2D eigenvalue weighted by Gasteiger charge is -2.38. The van der Waals surface area contributed by atoms with Crippen LogP contribution in [0.5, 0.6) is 5.75 Å². The van der Waals surface area contributed by atoms with Gasteiger partial charge in [0.1, 0.15) is 5.75 Å². The van der Waals surface area contributed by atoms with Crippen LogP contribution in [0.4, 0.5) is 0 Å². The molecule has 0 amide bonds. The average Bonchev–Trinajstić information content (AvgIpc) is 2.40. The molecule has 0 aliphatic carbocycles. The van der Waals surface area contributed by atoms with Crippen LogP contribution >= 0.6 is 0 Å². The molecule has 0 N–H and O–H groups in total. The summed E-state index contributed by atoms with van der Waals surface area (Å²) < 4.78 is 10.9. The van der Waals surface area contributed by atoms with Crippen LogP contribution in [0.2, 0.25) is 0 Å². The topological polar surface area (TPSA) is 18.5 Å². The number of hydrogen-bond donors (Lipinski definition) is 0. The lowest BCUT2D eigenvalue weighted by molar-refractivity contribution is 0.0464. The van der Waals surface area contributed by atoms with Gasteiger partial charge < -0.3 is 9.47 Å². The molecular formula is C15H22O2. The summed E-state index contributed by atoms with van der Waals surface area (Å²) in [6, 6.07) is 8.55. The quantitative estimate of drug-likeness (QED) is 0.793. The van der Waals surface area contributed by atoms with E-state index in [4.69, 9.17) is 9.47 Å². The molecule has 0 spiro atoms. The Hall–Kier alpha value is -1.02. The van der Waals surface area contributed by atoms with Gasteiger partial charge in [-0.1, -0.05) is 25.5 Å². The lowest BCUT2D eigenvalue weighted by atomic mass is 9.71. The number of hydrogen-bond acceptors (Lipinski definition) is 2. The van der Waals surface area contributed by atoms with Gasteiger partial charge in [0.05, 0.1) is 7.11 Å². The van der Waals surface area contributed by atoms with E-state index in [1.165, 1.54) is 18.4 Å². The summed E-state index contributed by atoms with van der Waals surface area (Å²) >= 11 is 0. The lowest BCUT2D eigenvalue weighted by Crippen LogP contribution is -2.33. The Morgan fingerprint density at radius 2 is 2.06 bits per heavy atom. The molecule has 2 heteroatoms. The summed E-state index contributed by atoms with van der Waals surface area (Å²) in [6.45, 7) is 4.03. The minimum absolute atomic E-state index is 0.307. The van der Waals surface area contributed by atoms with Crippen molar-refractivity contribution in [1.29, 1.82) is 0 Å². The molecule has 1 aromatic carbocycles. The molecule has 0 saturated carbocycles. The second kappa shape index (κ2) is 5.54. The summed E-state index contributed by atoms with van der Waals surface area (Å²) in [5, 5.41) is 0. The molecule has 17 heavy (non-hydrogen) atoms. The van der Waals surface area contributed by atoms with Crippen LogP contribution in [0.25, 0.3) is 0 Å². The van der Waals surface area contributed by atoms with Gasteiger partial charge in [0.25, 0.3) is 0 Å². The van der Waals surface area contributed by atoms with Crippen molar-refractivity contribution in [3.63, 3.8) is 0 Å². The maximum Gasteiger partial charge on any atom is 0.119 e.